The number of carbonyl (C=O) groups excluding carboxylic acids is 1. The molecule has 6 nitrogen and oxygen atoms in total. The fourth-order valence-corrected chi connectivity index (χ4v) is 5.14. The molecule has 4 aromatic heterocycles. The highest BCUT2D eigenvalue weighted by molar-refractivity contribution is 7.15. The van der Waals surface area contributed by atoms with Gasteiger partial charge in [-0.2, -0.15) is 5.10 Å². The van der Waals surface area contributed by atoms with Crippen LogP contribution in [-0.2, 0) is 0 Å². The van der Waals surface area contributed by atoms with Gasteiger partial charge in [0.25, 0.3) is 5.91 Å². The van der Waals surface area contributed by atoms with Crippen molar-refractivity contribution in [3.8, 4) is 10.6 Å². The molecule has 5 rings (SSSR count). The van der Waals surface area contributed by atoms with Gasteiger partial charge in [-0.25, -0.2) is 9.67 Å². The Morgan fingerprint density at radius 1 is 1.23 bits per heavy atom. The predicted molar refractivity (Wildman–Crippen MR) is 123 cm³/mol. The minimum Gasteiger partial charge on any atom is -0.330 e. The van der Waals surface area contributed by atoms with Gasteiger partial charge < -0.3 is 4.90 Å². The van der Waals surface area contributed by atoms with E-state index >= 15 is 0 Å². The number of hydrogen-bond donors (Lipinski definition) is 0. The van der Waals surface area contributed by atoms with E-state index in [9.17, 15) is 4.79 Å². The van der Waals surface area contributed by atoms with Crippen molar-refractivity contribution in [2.75, 3.05) is 6.54 Å². The van der Waals surface area contributed by atoms with Crippen molar-refractivity contribution in [3.63, 3.8) is 0 Å². The van der Waals surface area contributed by atoms with Gasteiger partial charge in [0.2, 0.25) is 0 Å². The third-order valence-electron chi connectivity index (χ3n) is 5.82. The van der Waals surface area contributed by atoms with Gasteiger partial charge in [0.1, 0.15) is 0 Å². The lowest BCUT2D eigenvalue weighted by molar-refractivity contribution is 0.0735. The van der Waals surface area contributed by atoms with Crippen molar-refractivity contribution in [1.82, 2.24) is 24.6 Å². The Hall–Kier alpha value is -3.06. The summed E-state index contributed by atoms with van der Waals surface area (Å²) in [7, 11) is 0. The number of aromatic nitrogens is 4. The molecule has 1 atom stereocenters. The molecule has 4 aromatic rings. The number of likely N-dealkylation sites (tertiary alicyclic amines) is 1. The Kier molecular flexibility index (Phi) is 5.06. The van der Waals surface area contributed by atoms with Crippen molar-refractivity contribution in [3.05, 3.63) is 64.9 Å². The Balaban J connectivity index is 1.63. The summed E-state index contributed by atoms with van der Waals surface area (Å²) in [6.07, 6.45) is 5.48. The molecule has 0 saturated carbocycles. The number of amides is 1. The number of fused-ring (bicyclic) bond motifs is 1. The monoisotopic (exact) mass is 431 g/mol. The van der Waals surface area contributed by atoms with E-state index in [1.807, 2.05) is 33.8 Å². The zero-order chi connectivity index (χ0) is 21.5. The zero-order valence-electron chi connectivity index (χ0n) is 17.9. The largest absolute Gasteiger partial charge is 0.330 e. The molecule has 158 valence electrons. The number of aryl methyl sites for hydroxylation is 1. The summed E-state index contributed by atoms with van der Waals surface area (Å²) in [5, 5.41) is 5.36. The van der Waals surface area contributed by atoms with E-state index in [2.05, 4.69) is 43.0 Å². The number of pyridine rings is 2. The molecule has 31 heavy (non-hydrogen) atoms. The SMILES string of the molecule is Cc1ccc(-c2cc(C(=O)N3CCCC3c3ccccn3)c3cnn(C(C)C)c3n2)s1. The number of thiophene rings is 1. The highest BCUT2D eigenvalue weighted by Gasteiger charge is 2.33. The molecule has 0 N–H and O–H groups in total. The van der Waals surface area contributed by atoms with Gasteiger partial charge in [-0.3, -0.25) is 9.78 Å². The standard InChI is InChI=1S/C24H25N5OS/c1-15(2)29-23-18(14-26-29)17(13-20(27-23)22-10-9-16(3)31-22)24(30)28-12-6-8-21(28)19-7-4-5-11-25-19/h4-5,7,9-11,13-15,21H,6,8,12H2,1-3H3. The van der Waals surface area contributed by atoms with Crippen molar-refractivity contribution < 1.29 is 4.79 Å². The number of rotatable bonds is 4. The smallest absolute Gasteiger partial charge is 0.255 e. The van der Waals surface area contributed by atoms with Crippen LogP contribution in [0.15, 0.2) is 48.8 Å². The molecule has 5 heterocycles. The fraction of sp³-hybridized carbons (Fsp3) is 0.333. The Labute approximate surface area is 185 Å². The van der Waals surface area contributed by atoms with Crippen molar-refractivity contribution in [2.24, 2.45) is 0 Å². The molecule has 0 aliphatic carbocycles. The van der Waals surface area contributed by atoms with Crippen molar-refractivity contribution in [1.29, 1.82) is 0 Å². The zero-order valence-corrected chi connectivity index (χ0v) is 18.8. The topological polar surface area (TPSA) is 63.9 Å². The molecular weight excluding hydrogens is 406 g/mol. The quantitative estimate of drug-likeness (QED) is 0.433. The van der Waals surface area contributed by atoms with Gasteiger partial charge in [0, 0.05) is 23.7 Å². The fourth-order valence-electron chi connectivity index (χ4n) is 4.32. The second-order valence-electron chi connectivity index (χ2n) is 8.30. The average molecular weight is 432 g/mol. The summed E-state index contributed by atoms with van der Waals surface area (Å²) in [5.41, 5.74) is 3.20. The summed E-state index contributed by atoms with van der Waals surface area (Å²) >= 11 is 1.69. The van der Waals surface area contributed by atoms with Gasteiger partial charge in [-0.05, 0) is 63.9 Å². The molecule has 0 radical (unpaired) electrons. The minimum absolute atomic E-state index is 0.00416. The molecular formula is C24H25N5OS. The average Bonchev–Trinajstić information content (AvgIpc) is 3.52. The minimum atomic E-state index is 0.00416. The Morgan fingerprint density at radius 3 is 2.81 bits per heavy atom. The molecule has 7 heteroatoms. The van der Waals surface area contributed by atoms with Crippen LogP contribution in [0.25, 0.3) is 21.6 Å². The maximum Gasteiger partial charge on any atom is 0.255 e. The second-order valence-corrected chi connectivity index (χ2v) is 9.58. The van der Waals surface area contributed by atoms with Gasteiger partial charge in [0.05, 0.1) is 39.5 Å². The Morgan fingerprint density at radius 2 is 2.10 bits per heavy atom. The van der Waals surface area contributed by atoms with Crippen LogP contribution in [0.1, 0.15) is 59.7 Å². The van der Waals surface area contributed by atoms with Crippen LogP contribution < -0.4 is 0 Å². The summed E-state index contributed by atoms with van der Waals surface area (Å²) < 4.78 is 1.90. The molecule has 1 aliphatic rings. The van der Waals surface area contributed by atoms with E-state index in [0.717, 1.165) is 46.7 Å². The van der Waals surface area contributed by atoms with Crippen LogP contribution in [0.3, 0.4) is 0 Å². The molecule has 1 amide bonds. The molecule has 0 spiro atoms. The predicted octanol–water partition coefficient (Wildman–Crippen LogP) is 5.42. The van der Waals surface area contributed by atoms with Crippen LogP contribution in [-0.4, -0.2) is 37.1 Å². The van der Waals surface area contributed by atoms with Gasteiger partial charge in [0.15, 0.2) is 5.65 Å². The van der Waals surface area contributed by atoms with Crippen LogP contribution in [0.4, 0.5) is 0 Å². The third-order valence-corrected chi connectivity index (χ3v) is 6.85. The highest BCUT2D eigenvalue weighted by atomic mass is 32.1. The number of carbonyl (C=O) groups is 1. The van der Waals surface area contributed by atoms with Crippen LogP contribution in [0.2, 0.25) is 0 Å². The lowest BCUT2D eigenvalue weighted by Crippen LogP contribution is -2.31. The first-order valence-electron chi connectivity index (χ1n) is 10.7. The molecule has 0 aromatic carbocycles. The highest BCUT2D eigenvalue weighted by Crippen LogP contribution is 2.35. The van der Waals surface area contributed by atoms with E-state index in [1.54, 1.807) is 23.7 Å². The van der Waals surface area contributed by atoms with Gasteiger partial charge in [-0.15, -0.1) is 11.3 Å². The van der Waals surface area contributed by atoms with Crippen LogP contribution in [0.5, 0.6) is 0 Å². The van der Waals surface area contributed by atoms with Crippen molar-refractivity contribution in [2.45, 2.75) is 45.7 Å². The first kappa shape index (κ1) is 19.9. The maximum absolute atomic E-state index is 13.8. The van der Waals surface area contributed by atoms with Gasteiger partial charge in [-0.1, -0.05) is 6.07 Å². The van der Waals surface area contributed by atoms with E-state index in [-0.39, 0.29) is 18.0 Å². The van der Waals surface area contributed by atoms with E-state index in [4.69, 9.17) is 4.98 Å². The van der Waals surface area contributed by atoms with E-state index < -0.39 is 0 Å². The van der Waals surface area contributed by atoms with E-state index in [1.165, 1.54) is 4.88 Å². The lowest BCUT2D eigenvalue weighted by Gasteiger charge is -2.25. The van der Waals surface area contributed by atoms with Gasteiger partial charge >= 0.3 is 0 Å². The molecule has 1 aliphatic heterocycles. The summed E-state index contributed by atoms with van der Waals surface area (Å²) in [5.74, 6) is 0.0263. The summed E-state index contributed by atoms with van der Waals surface area (Å²) in [6.45, 7) is 6.97. The molecule has 0 bridgehead atoms. The molecule has 1 saturated heterocycles. The summed E-state index contributed by atoms with van der Waals surface area (Å²) in [6, 6.07) is 12.2. The second kappa shape index (κ2) is 7.89. The normalized spacial score (nSPS) is 16.5. The number of hydrogen-bond acceptors (Lipinski definition) is 5. The maximum atomic E-state index is 13.8. The van der Waals surface area contributed by atoms with Crippen LogP contribution >= 0.6 is 11.3 Å². The van der Waals surface area contributed by atoms with Crippen LogP contribution in [0, 0.1) is 6.92 Å². The van der Waals surface area contributed by atoms with E-state index in [0.29, 0.717) is 5.56 Å². The summed E-state index contributed by atoms with van der Waals surface area (Å²) in [4.78, 5) is 27.5. The third kappa shape index (κ3) is 3.53. The number of nitrogens with zero attached hydrogens (tertiary/aromatic N) is 5. The first-order valence-corrected chi connectivity index (χ1v) is 11.5. The molecule has 1 unspecified atom stereocenters. The Bertz CT molecular complexity index is 1240. The lowest BCUT2D eigenvalue weighted by atomic mass is 10.1. The first-order chi connectivity index (χ1) is 15.0. The van der Waals surface area contributed by atoms with Crippen molar-refractivity contribution >= 4 is 28.3 Å². The molecule has 1 fully saturated rings.